The Labute approximate surface area is 104 Å². The molecule has 0 saturated carbocycles. The predicted molar refractivity (Wildman–Crippen MR) is 65.1 cm³/mol. The molecule has 2 nitrogen and oxygen atoms in total. The Hall–Kier alpha value is -0.650. The Kier molecular flexibility index (Phi) is 4.36. The number of hydrogen-bond donors (Lipinski definition) is 1. The van der Waals surface area contributed by atoms with E-state index < -0.39 is 11.6 Å². The average Bonchev–Trinajstić information content (AvgIpc) is 2.35. The summed E-state index contributed by atoms with van der Waals surface area (Å²) in [7, 11) is 0. The van der Waals surface area contributed by atoms with Crippen molar-refractivity contribution in [1.82, 2.24) is 0 Å². The third-order valence-corrected chi connectivity index (χ3v) is 3.79. The fraction of sp³-hybridized carbons (Fsp3) is 0.500. The monoisotopic (exact) mass is 259 g/mol. The molecule has 0 amide bonds. The molecule has 0 aliphatic carbocycles. The first-order valence-corrected chi connectivity index (χ1v) is 6.71. The zero-order chi connectivity index (χ0) is 12.3. The third-order valence-electron chi connectivity index (χ3n) is 2.77. The highest BCUT2D eigenvalue weighted by molar-refractivity contribution is 7.99. The standard InChI is InChI=1S/C12H15F2NOS/c13-9-2-1-8(5-10(9)14)6-11(15)12-7-17-4-3-16-12/h1-2,5,11-12H,3-4,6-7,15H2. The minimum absolute atomic E-state index is 0.00173. The highest BCUT2D eigenvalue weighted by Crippen LogP contribution is 2.17. The normalized spacial score (nSPS) is 22.4. The van der Waals surface area contributed by atoms with Crippen LogP contribution < -0.4 is 5.73 Å². The van der Waals surface area contributed by atoms with Gasteiger partial charge in [0.1, 0.15) is 0 Å². The van der Waals surface area contributed by atoms with E-state index in [1.807, 2.05) is 11.8 Å². The van der Waals surface area contributed by atoms with Gasteiger partial charge in [-0.3, -0.25) is 0 Å². The predicted octanol–water partition coefficient (Wildman–Crippen LogP) is 1.97. The van der Waals surface area contributed by atoms with Crippen LogP contribution in [0.3, 0.4) is 0 Å². The summed E-state index contributed by atoms with van der Waals surface area (Å²) in [4.78, 5) is 0. The van der Waals surface area contributed by atoms with Gasteiger partial charge in [-0.25, -0.2) is 8.78 Å². The van der Waals surface area contributed by atoms with Gasteiger partial charge in [0.2, 0.25) is 0 Å². The van der Waals surface area contributed by atoms with Crippen molar-refractivity contribution in [1.29, 1.82) is 0 Å². The number of benzene rings is 1. The fourth-order valence-corrected chi connectivity index (χ4v) is 2.78. The molecule has 2 atom stereocenters. The van der Waals surface area contributed by atoms with Gasteiger partial charge in [0.25, 0.3) is 0 Å². The van der Waals surface area contributed by atoms with Crippen LogP contribution in [0.2, 0.25) is 0 Å². The second-order valence-corrected chi connectivity index (χ2v) is 5.25. The Morgan fingerprint density at radius 1 is 1.41 bits per heavy atom. The molecule has 2 N–H and O–H groups in total. The lowest BCUT2D eigenvalue weighted by Gasteiger charge is -2.27. The largest absolute Gasteiger partial charge is 0.375 e. The minimum atomic E-state index is -0.827. The van der Waals surface area contributed by atoms with Gasteiger partial charge in [-0.1, -0.05) is 6.07 Å². The van der Waals surface area contributed by atoms with E-state index in [1.54, 1.807) is 6.07 Å². The average molecular weight is 259 g/mol. The Morgan fingerprint density at radius 2 is 2.24 bits per heavy atom. The van der Waals surface area contributed by atoms with Crippen molar-refractivity contribution in [2.24, 2.45) is 5.73 Å². The van der Waals surface area contributed by atoms with Crippen molar-refractivity contribution in [3.63, 3.8) is 0 Å². The zero-order valence-corrected chi connectivity index (χ0v) is 10.2. The summed E-state index contributed by atoms with van der Waals surface area (Å²) >= 11 is 1.81. The van der Waals surface area contributed by atoms with E-state index in [-0.39, 0.29) is 12.1 Å². The molecule has 94 valence electrons. The summed E-state index contributed by atoms with van der Waals surface area (Å²) in [6, 6.07) is 3.72. The Bertz CT molecular complexity index is 383. The maximum atomic E-state index is 13.0. The van der Waals surface area contributed by atoms with E-state index in [0.29, 0.717) is 18.6 Å². The van der Waals surface area contributed by atoms with E-state index in [4.69, 9.17) is 10.5 Å². The van der Waals surface area contributed by atoms with Crippen LogP contribution in [0.5, 0.6) is 0 Å². The van der Waals surface area contributed by atoms with Gasteiger partial charge in [0.15, 0.2) is 11.6 Å². The van der Waals surface area contributed by atoms with Crippen molar-refractivity contribution < 1.29 is 13.5 Å². The molecule has 1 aromatic rings. The van der Waals surface area contributed by atoms with E-state index in [9.17, 15) is 8.78 Å². The maximum Gasteiger partial charge on any atom is 0.159 e. The first-order chi connectivity index (χ1) is 8.16. The molecular weight excluding hydrogens is 244 g/mol. The molecule has 2 unspecified atom stereocenters. The van der Waals surface area contributed by atoms with Crippen LogP contribution in [0.25, 0.3) is 0 Å². The molecule has 2 rings (SSSR count). The van der Waals surface area contributed by atoms with Crippen molar-refractivity contribution in [2.75, 3.05) is 18.1 Å². The molecule has 17 heavy (non-hydrogen) atoms. The van der Waals surface area contributed by atoms with Crippen LogP contribution in [0.1, 0.15) is 5.56 Å². The van der Waals surface area contributed by atoms with E-state index in [1.165, 1.54) is 6.07 Å². The van der Waals surface area contributed by atoms with Crippen molar-refractivity contribution in [2.45, 2.75) is 18.6 Å². The molecule has 1 aliphatic rings. The van der Waals surface area contributed by atoms with Crippen LogP contribution in [0, 0.1) is 11.6 Å². The number of thioether (sulfide) groups is 1. The van der Waals surface area contributed by atoms with Crippen LogP contribution >= 0.6 is 11.8 Å². The summed E-state index contributed by atoms with van der Waals surface area (Å²) in [6.07, 6.45) is 0.504. The van der Waals surface area contributed by atoms with Crippen LogP contribution in [-0.2, 0) is 11.2 Å². The first kappa shape index (κ1) is 12.8. The van der Waals surface area contributed by atoms with Crippen LogP contribution in [0.4, 0.5) is 8.78 Å². The van der Waals surface area contributed by atoms with E-state index in [2.05, 4.69) is 0 Å². The molecule has 0 spiro atoms. The Balaban J connectivity index is 1.96. The molecule has 0 radical (unpaired) electrons. The summed E-state index contributed by atoms with van der Waals surface area (Å²) in [5.41, 5.74) is 6.72. The number of ether oxygens (including phenoxy) is 1. The molecule has 1 heterocycles. The van der Waals surface area contributed by atoms with Crippen molar-refractivity contribution in [3.8, 4) is 0 Å². The lowest BCUT2D eigenvalue weighted by Crippen LogP contribution is -2.42. The molecule has 0 bridgehead atoms. The van der Waals surface area contributed by atoms with Crippen LogP contribution in [0.15, 0.2) is 18.2 Å². The summed E-state index contributed by atoms with van der Waals surface area (Å²) in [6.45, 7) is 0.709. The summed E-state index contributed by atoms with van der Waals surface area (Å²) < 4.78 is 31.3. The fourth-order valence-electron chi connectivity index (χ4n) is 1.82. The van der Waals surface area contributed by atoms with E-state index in [0.717, 1.165) is 17.6 Å². The minimum Gasteiger partial charge on any atom is -0.375 e. The quantitative estimate of drug-likeness (QED) is 0.901. The molecule has 5 heteroatoms. The second kappa shape index (κ2) is 5.80. The topological polar surface area (TPSA) is 35.2 Å². The lowest BCUT2D eigenvalue weighted by atomic mass is 10.0. The molecule has 0 aromatic heterocycles. The van der Waals surface area contributed by atoms with Crippen molar-refractivity contribution >= 4 is 11.8 Å². The van der Waals surface area contributed by atoms with Gasteiger partial charge in [-0.2, -0.15) is 11.8 Å². The van der Waals surface area contributed by atoms with E-state index >= 15 is 0 Å². The molecular formula is C12H15F2NOS. The number of nitrogens with two attached hydrogens (primary N) is 1. The van der Waals surface area contributed by atoms with Crippen LogP contribution in [-0.4, -0.2) is 30.3 Å². The van der Waals surface area contributed by atoms with Gasteiger partial charge in [-0.05, 0) is 24.1 Å². The van der Waals surface area contributed by atoms with Gasteiger partial charge in [0, 0.05) is 17.5 Å². The lowest BCUT2D eigenvalue weighted by molar-refractivity contribution is 0.0571. The number of halogens is 2. The third kappa shape index (κ3) is 3.40. The Morgan fingerprint density at radius 3 is 2.88 bits per heavy atom. The van der Waals surface area contributed by atoms with Gasteiger partial charge in [-0.15, -0.1) is 0 Å². The summed E-state index contributed by atoms with van der Waals surface area (Å²) in [5.74, 6) is 0.208. The molecule has 1 aromatic carbocycles. The molecule has 1 saturated heterocycles. The zero-order valence-electron chi connectivity index (χ0n) is 9.36. The maximum absolute atomic E-state index is 13.0. The second-order valence-electron chi connectivity index (χ2n) is 4.10. The highest BCUT2D eigenvalue weighted by Gasteiger charge is 2.22. The first-order valence-electron chi connectivity index (χ1n) is 5.55. The van der Waals surface area contributed by atoms with Gasteiger partial charge in [0.05, 0.1) is 12.7 Å². The summed E-state index contributed by atoms with van der Waals surface area (Å²) in [5, 5.41) is 0. The number of rotatable bonds is 3. The van der Waals surface area contributed by atoms with Crippen molar-refractivity contribution in [3.05, 3.63) is 35.4 Å². The number of hydrogen-bond acceptors (Lipinski definition) is 3. The van der Waals surface area contributed by atoms with Gasteiger partial charge >= 0.3 is 0 Å². The SMILES string of the molecule is NC(Cc1ccc(F)c(F)c1)C1CSCCO1. The highest BCUT2D eigenvalue weighted by atomic mass is 32.2. The molecule has 1 aliphatic heterocycles. The smallest absolute Gasteiger partial charge is 0.159 e. The molecule has 1 fully saturated rings. The van der Waals surface area contributed by atoms with Gasteiger partial charge < -0.3 is 10.5 Å².